The number of nitrogens with zero attached hydrogens (tertiary/aromatic N) is 1. The van der Waals surface area contributed by atoms with Crippen LogP contribution in [0.1, 0.15) is 36.7 Å². The number of unbranched alkanes of at least 4 members (excludes halogenated alkanes) is 1. The molecular weight excluding hydrogens is 334 g/mol. The maximum Gasteiger partial charge on any atom is 0.354 e. The number of carbonyl (C=O) groups is 2. The minimum absolute atomic E-state index is 0.0997. The zero-order valence-electron chi connectivity index (χ0n) is 13.7. The molecule has 1 N–H and O–H groups in total. The Kier molecular flexibility index (Phi) is 6.09. The summed E-state index contributed by atoms with van der Waals surface area (Å²) in [6.07, 6.45) is 1.26. The first-order chi connectivity index (χ1) is 11.5. The first-order valence-electron chi connectivity index (χ1n) is 7.74. The predicted octanol–water partition coefficient (Wildman–Crippen LogP) is 3.73. The number of hydrogen-bond donors (Lipinski definition) is 1. The third-order valence-corrected chi connectivity index (χ3v) is 4.10. The van der Waals surface area contributed by atoms with Crippen molar-refractivity contribution in [2.24, 2.45) is 0 Å². The Bertz CT molecular complexity index is 753. The third-order valence-electron chi connectivity index (χ3n) is 3.71. The van der Waals surface area contributed by atoms with Crippen molar-refractivity contribution in [1.29, 1.82) is 0 Å². The van der Waals surface area contributed by atoms with E-state index in [1.807, 2.05) is 10.6 Å². The summed E-state index contributed by atoms with van der Waals surface area (Å²) in [4.78, 5) is 22.9. The summed E-state index contributed by atoms with van der Waals surface area (Å²) in [6.45, 7) is 2.53. The Labute approximate surface area is 144 Å². The molecule has 0 aliphatic rings. The molecule has 0 saturated heterocycles. The van der Waals surface area contributed by atoms with E-state index >= 15 is 0 Å². The van der Waals surface area contributed by atoms with E-state index in [1.165, 1.54) is 7.11 Å². The van der Waals surface area contributed by atoms with Crippen LogP contribution in [0.3, 0.4) is 0 Å². The van der Waals surface area contributed by atoms with Crippen LogP contribution in [0.4, 0.5) is 0 Å². The number of halogens is 1. The van der Waals surface area contributed by atoms with E-state index in [2.05, 4.69) is 0 Å². The Hall–Kier alpha value is -2.21. The molecular formula is C17H20ClNO5. The number of carbonyl (C=O) groups excluding carboxylic acids is 1. The van der Waals surface area contributed by atoms with Gasteiger partial charge in [0.25, 0.3) is 0 Å². The lowest BCUT2D eigenvalue weighted by molar-refractivity contribution is -0.137. The minimum Gasteiger partial charge on any atom is -0.495 e. The average molecular weight is 354 g/mol. The molecule has 0 bridgehead atoms. The fraction of sp³-hybridized carbons (Fsp3) is 0.412. The van der Waals surface area contributed by atoms with Gasteiger partial charge in [-0.1, -0.05) is 11.6 Å². The van der Waals surface area contributed by atoms with E-state index in [4.69, 9.17) is 26.2 Å². The summed E-state index contributed by atoms with van der Waals surface area (Å²) < 4.78 is 12.1. The summed E-state index contributed by atoms with van der Waals surface area (Å²) in [7, 11) is 1.53. The van der Waals surface area contributed by atoms with Gasteiger partial charge in [0, 0.05) is 18.4 Å². The van der Waals surface area contributed by atoms with Gasteiger partial charge in [-0.05, 0) is 38.0 Å². The van der Waals surface area contributed by atoms with Crippen LogP contribution in [0.15, 0.2) is 18.2 Å². The smallest absolute Gasteiger partial charge is 0.354 e. The fourth-order valence-electron chi connectivity index (χ4n) is 2.60. The highest BCUT2D eigenvalue weighted by Crippen LogP contribution is 2.35. The summed E-state index contributed by atoms with van der Waals surface area (Å²) in [5.41, 5.74) is 1.19. The molecule has 7 heteroatoms. The Morgan fingerprint density at radius 3 is 2.67 bits per heavy atom. The largest absolute Gasteiger partial charge is 0.495 e. The summed E-state index contributed by atoms with van der Waals surface area (Å²) in [6, 6.07) is 5.27. The first-order valence-corrected chi connectivity index (χ1v) is 8.12. The highest BCUT2D eigenvalue weighted by atomic mass is 35.5. The van der Waals surface area contributed by atoms with Crippen molar-refractivity contribution in [1.82, 2.24) is 4.57 Å². The number of methoxy groups -OCH3 is 1. The van der Waals surface area contributed by atoms with Crippen LogP contribution in [-0.2, 0) is 16.1 Å². The van der Waals surface area contributed by atoms with Crippen molar-refractivity contribution in [3.05, 3.63) is 28.9 Å². The maximum absolute atomic E-state index is 12.2. The average Bonchev–Trinajstić information content (AvgIpc) is 2.92. The molecule has 0 aliphatic carbocycles. The van der Waals surface area contributed by atoms with E-state index in [1.54, 1.807) is 19.1 Å². The number of aromatic nitrogens is 1. The molecule has 0 spiro atoms. The van der Waals surface area contributed by atoms with Crippen molar-refractivity contribution in [3.8, 4) is 5.75 Å². The van der Waals surface area contributed by atoms with Crippen LogP contribution < -0.4 is 4.74 Å². The fourth-order valence-corrected chi connectivity index (χ4v) is 2.89. The van der Waals surface area contributed by atoms with Crippen molar-refractivity contribution in [2.45, 2.75) is 32.7 Å². The van der Waals surface area contributed by atoms with Gasteiger partial charge in [0.05, 0.1) is 24.3 Å². The highest BCUT2D eigenvalue weighted by molar-refractivity contribution is 6.37. The molecule has 0 radical (unpaired) electrons. The number of carboxylic acid groups (broad SMARTS) is 1. The zero-order chi connectivity index (χ0) is 17.7. The van der Waals surface area contributed by atoms with Crippen LogP contribution in [0.25, 0.3) is 10.9 Å². The lowest BCUT2D eigenvalue weighted by atomic mass is 10.2. The molecule has 0 saturated carbocycles. The van der Waals surface area contributed by atoms with Gasteiger partial charge >= 0.3 is 11.9 Å². The van der Waals surface area contributed by atoms with Crippen LogP contribution >= 0.6 is 11.6 Å². The molecule has 1 aromatic carbocycles. The SMILES string of the molecule is CCOC(=O)c1cc2c(Cl)c(OC)ccc2n1CCCCC(=O)O. The molecule has 2 aromatic rings. The van der Waals surface area contributed by atoms with E-state index in [9.17, 15) is 9.59 Å². The van der Waals surface area contributed by atoms with Gasteiger partial charge in [-0.15, -0.1) is 0 Å². The zero-order valence-corrected chi connectivity index (χ0v) is 14.4. The number of benzene rings is 1. The number of aliphatic carboxylic acids is 1. The molecule has 1 heterocycles. The maximum atomic E-state index is 12.2. The van der Waals surface area contributed by atoms with E-state index in [0.717, 1.165) is 5.52 Å². The third kappa shape index (κ3) is 3.82. The Morgan fingerprint density at radius 2 is 2.04 bits per heavy atom. The Balaban J connectivity index is 2.40. The molecule has 0 atom stereocenters. The van der Waals surface area contributed by atoms with Gasteiger partial charge in [-0.25, -0.2) is 4.79 Å². The number of carboxylic acids is 1. The second-order valence-corrected chi connectivity index (χ2v) is 5.65. The van der Waals surface area contributed by atoms with Gasteiger partial charge in [0.15, 0.2) is 0 Å². The number of fused-ring (bicyclic) bond motifs is 1. The van der Waals surface area contributed by atoms with Gasteiger partial charge in [-0.2, -0.15) is 0 Å². The molecule has 0 aliphatic heterocycles. The quantitative estimate of drug-likeness (QED) is 0.578. The molecule has 1 aromatic heterocycles. The van der Waals surface area contributed by atoms with Gasteiger partial charge in [0.2, 0.25) is 0 Å². The van der Waals surface area contributed by atoms with E-state index < -0.39 is 11.9 Å². The summed E-state index contributed by atoms with van der Waals surface area (Å²) in [5, 5.41) is 9.88. The van der Waals surface area contributed by atoms with E-state index in [-0.39, 0.29) is 13.0 Å². The summed E-state index contributed by atoms with van der Waals surface area (Å²) in [5.74, 6) is -0.727. The number of rotatable bonds is 8. The Morgan fingerprint density at radius 1 is 1.29 bits per heavy atom. The molecule has 130 valence electrons. The predicted molar refractivity (Wildman–Crippen MR) is 90.9 cm³/mol. The van der Waals surface area contributed by atoms with Gasteiger partial charge in [-0.3, -0.25) is 4.79 Å². The second kappa shape index (κ2) is 8.06. The lowest BCUT2D eigenvalue weighted by Crippen LogP contribution is -2.12. The lowest BCUT2D eigenvalue weighted by Gasteiger charge is -2.10. The van der Waals surface area contributed by atoms with Crippen molar-refractivity contribution < 1.29 is 24.2 Å². The molecule has 0 unspecified atom stereocenters. The highest BCUT2D eigenvalue weighted by Gasteiger charge is 2.19. The number of hydrogen-bond acceptors (Lipinski definition) is 4. The molecule has 0 amide bonds. The molecule has 6 nitrogen and oxygen atoms in total. The normalized spacial score (nSPS) is 10.8. The van der Waals surface area contributed by atoms with Crippen LogP contribution in [0, 0.1) is 0 Å². The first kappa shape index (κ1) is 18.1. The van der Waals surface area contributed by atoms with Crippen molar-refractivity contribution >= 4 is 34.4 Å². The standard InChI is InChI=1S/C17H20ClNO5/c1-3-24-17(22)13-10-11-12(7-8-14(23-2)16(11)18)19(13)9-5-4-6-15(20)21/h7-8,10H,3-6,9H2,1-2H3,(H,20,21). The van der Waals surface area contributed by atoms with Crippen molar-refractivity contribution in [2.75, 3.05) is 13.7 Å². The molecule has 0 fully saturated rings. The number of ether oxygens (including phenoxy) is 2. The van der Waals surface area contributed by atoms with Gasteiger partial charge < -0.3 is 19.1 Å². The second-order valence-electron chi connectivity index (χ2n) is 5.27. The van der Waals surface area contributed by atoms with Crippen LogP contribution in [0.2, 0.25) is 5.02 Å². The van der Waals surface area contributed by atoms with Gasteiger partial charge in [0.1, 0.15) is 11.4 Å². The minimum atomic E-state index is -0.828. The number of aryl methyl sites for hydroxylation is 1. The monoisotopic (exact) mass is 353 g/mol. The van der Waals surface area contributed by atoms with Crippen LogP contribution in [-0.4, -0.2) is 35.3 Å². The van der Waals surface area contributed by atoms with Crippen LogP contribution in [0.5, 0.6) is 5.75 Å². The van der Waals surface area contributed by atoms with Crippen molar-refractivity contribution in [3.63, 3.8) is 0 Å². The number of esters is 1. The molecule has 24 heavy (non-hydrogen) atoms. The van der Waals surface area contributed by atoms with E-state index in [0.29, 0.717) is 41.2 Å². The molecule has 2 rings (SSSR count). The summed E-state index contributed by atoms with van der Waals surface area (Å²) >= 11 is 6.34. The topological polar surface area (TPSA) is 77.8 Å².